The van der Waals surface area contributed by atoms with E-state index in [4.69, 9.17) is 0 Å². The summed E-state index contributed by atoms with van der Waals surface area (Å²) in [5.74, 6) is -1.43. The first-order chi connectivity index (χ1) is 12.6. The molecule has 0 saturated heterocycles. The molecule has 0 spiro atoms. The normalized spacial score (nSPS) is 11.8. The second-order valence-electron chi connectivity index (χ2n) is 5.60. The van der Waals surface area contributed by atoms with Gasteiger partial charge in [0.15, 0.2) is 9.84 Å². The third kappa shape index (κ3) is 5.76. The molecule has 0 radical (unpaired) electrons. The molecule has 146 valence electrons. The zero-order chi connectivity index (χ0) is 20.1. The van der Waals surface area contributed by atoms with Gasteiger partial charge < -0.3 is 5.32 Å². The molecular formula is C17H19FN2O5S2. The molecule has 0 aromatic heterocycles. The lowest BCUT2D eigenvalue weighted by molar-refractivity contribution is 0.0957. The molecule has 27 heavy (non-hydrogen) atoms. The minimum Gasteiger partial charge on any atom is -0.351 e. The average molecular weight is 414 g/mol. The fourth-order valence-corrected chi connectivity index (χ4v) is 3.93. The van der Waals surface area contributed by atoms with E-state index in [2.05, 4.69) is 10.0 Å². The molecule has 0 saturated carbocycles. The number of hydrogen-bond acceptors (Lipinski definition) is 5. The highest BCUT2D eigenvalue weighted by molar-refractivity contribution is 7.92. The summed E-state index contributed by atoms with van der Waals surface area (Å²) in [6.07, 6.45) is 0. The van der Waals surface area contributed by atoms with Gasteiger partial charge in [0.2, 0.25) is 0 Å². The van der Waals surface area contributed by atoms with Crippen LogP contribution in [0.1, 0.15) is 17.3 Å². The molecular weight excluding hydrogens is 395 g/mol. The largest absolute Gasteiger partial charge is 0.351 e. The highest BCUT2D eigenvalue weighted by Crippen LogP contribution is 2.20. The minimum absolute atomic E-state index is 0.0256. The molecule has 10 heteroatoms. The molecule has 1 amide bonds. The lowest BCUT2D eigenvalue weighted by Crippen LogP contribution is -2.30. The molecule has 2 aromatic rings. The van der Waals surface area contributed by atoms with Gasteiger partial charge in [0, 0.05) is 12.3 Å². The molecule has 0 fully saturated rings. The van der Waals surface area contributed by atoms with Crippen LogP contribution in [-0.4, -0.2) is 40.8 Å². The second-order valence-corrected chi connectivity index (χ2v) is 9.75. The Bertz CT molecular complexity index is 1020. The number of hydrogen-bond donors (Lipinski definition) is 2. The smallest absolute Gasteiger partial charge is 0.261 e. The number of carbonyl (C=O) groups excluding carboxylic acids is 1. The Morgan fingerprint density at radius 3 is 2.26 bits per heavy atom. The van der Waals surface area contributed by atoms with E-state index < -0.39 is 31.6 Å². The number of benzene rings is 2. The number of halogens is 1. The summed E-state index contributed by atoms with van der Waals surface area (Å²) >= 11 is 0. The quantitative estimate of drug-likeness (QED) is 0.684. The highest BCUT2D eigenvalue weighted by atomic mass is 32.2. The van der Waals surface area contributed by atoms with Crippen molar-refractivity contribution in [3.63, 3.8) is 0 Å². The first-order valence-corrected chi connectivity index (χ1v) is 11.3. The third-order valence-corrected chi connectivity index (χ3v) is 6.77. The van der Waals surface area contributed by atoms with Crippen LogP contribution in [0.4, 0.5) is 10.1 Å². The molecule has 0 heterocycles. The van der Waals surface area contributed by atoms with Crippen LogP contribution in [0.3, 0.4) is 0 Å². The lowest BCUT2D eigenvalue weighted by Gasteiger charge is -2.13. The van der Waals surface area contributed by atoms with E-state index in [0.717, 1.165) is 24.3 Å². The van der Waals surface area contributed by atoms with Crippen LogP contribution in [0.2, 0.25) is 0 Å². The minimum atomic E-state index is -4.03. The topological polar surface area (TPSA) is 109 Å². The van der Waals surface area contributed by atoms with Gasteiger partial charge in [0.05, 0.1) is 21.9 Å². The number of amides is 1. The van der Waals surface area contributed by atoms with Crippen LogP contribution >= 0.6 is 0 Å². The Morgan fingerprint density at radius 2 is 1.63 bits per heavy atom. The van der Waals surface area contributed by atoms with Gasteiger partial charge in [-0.25, -0.2) is 21.2 Å². The second kappa shape index (κ2) is 8.49. The Balaban J connectivity index is 2.17. The summed E-state index contributed by atoms with van der Waals surface area (Å²) in [7, 11) is -7.26. The number of sulfonamides is 1. The zero-order valence-corrected chi connectivity index (χ0v) is 16.1. The standard InChI is InChI=1S/C17H19FN2O5S2/c1-2-26(22,23)12-11-19-17(21)15-5-3-4-6-16(15)20-27(24,25)14-9-7-13(18)8-10-14/h3-10,20H,2,11-12H2,1H3,(H,19,21). The highest BCUT2D eigenvalue weighted by Gasteiger charge is 2.19. The zero-order valence-electron chi connectivity index (χ0n) is 14.5. The Labute approximate surface area is 157 Å². The maximum Gasteiger partial charge on any atom is 0.261 e. The van der Waals surface area contributed by atoms with Crippen molar-refractivity contribution in [2.45, 2.75) is 11.8 Å². The predicted molar refractivity (Wildman–Crippen MR) is 100 cm³/mol. The Morgan fingerprint density at radius 1 is 1.00 bits per heavy atom. The van der Waals surface area contributed by atoms with Gasteiger partial charge in [-0.3, -0.25) is 9.52 Å². The van der Waals surface area contributed by atoms with E-state index in [-0.39, 0.29) is 34.2 Å². The molecule has 0 aliphatic heterocycles. The lowest BCUT2D eigenvalue weighted by atomic mass is 10.2. The molecule has 7 nitrogen and oxygen atoms in total. The van der Waals surface area contributed by atoms with Crippen molar-refractivity contribution in [2.75, 3.05) is 22.8 Å². The summed E-state index contributed by atoms with van der Waals surface area (Å²) in [5, 5.41) is 2.46. The van der Waals surface area contributed by atoms with Crippen molar-refractivity contribution >= 4 is 31.5 Å². The molecule has 0 unspecified atom stereocenters. The van der Waals surface area contributed by atoms with Crippen LogP contribution in [0.25, 0.3) is 0 Å². The van der Waals surface area contributed by atoms with Gasteiger partial charge in [-0.2, -0.15) is 0 Å². The summed E-state index contributed by atoms with van der Waals surface area (Å²) in [6.45, 7) is 1.42. The van der Waals surface area contributed by atoms with Crippen molar-refractivity contribution in [1.82, 2.24) is 5.32 Å². The monoisotopic (exact) mass is 414 g/mol. The van der Waals surface area contributed by atoms with Crippen LogP contribution in [0, 0.1) is 5.82 Å². The third-order valence-electron chi connectivity index (χ3n) is 3.68. The van der Waals surface area contributed by atoms with Gasteiger partial charge in [0.25, 0.3) is 15.9 Å². The van der Waals surface area contributed by atoms with Crippen molar-refractivity contribution in [3.8, 4) is 0 Å². The first-order valence-electron chi connectivity index (χ1n) is 8.00. The summed E-state index contributed by atoms with van der Waals surface area (Å²) in [6, 6.07) is 10.1. The summed E-state index contributed by atoms with van der Waals surface area (Å²) in [4.78, 5) is 12.2. The average Bonchev–Trinajstić information content (AvgIpc) is 2.62. The maximum atomic E-state index is 13.0. The molecule has 0 bridgehead atoms. The van der Waals surface area contributed by atoms with Gasteiger partial charge in [-0.05, 0) is 36.4 Å². The van der Waals surface area contributed by atoms with Crippen LogP contribution < -0.4 is 10.0 Å². The van der Waals surface area contributed by atoms with E-state index in [1.165, 1.54) is 19.1 Å². The SMILES string of the molecule is CCS(=O)(=O)CCNC(=O)c1ccccc1NS(=O)(=O)c1ccc(F)cc1. The fraction of sp³-hybridized carbons (Fsp3) is 0.235. The van der Waals surface area contributed by atoms with Gasteiger partial charge in [0.1, 0.15) is 5.82 Å². The van der Waals surface area contributed by atoms with E-state index in [1.807, 2.05) is 0 Å². The maximum absolute atomic E-state index is 13.0. The number of para-hydroxylation sites is 1. The molecule has 2 aromatic carbocycles. The number of rotatable bonds is 8. The molecule has 0 atom stereocenters. The first kappa shape index (κ1) is 20.8. The van der Waals surface area contributed by atoms with Crippen LogP contribution in [0.15, 0.2) is 53.4 Å². The van der Waals surface area contributed by atoms with Crippen LogP contribution in [0.5, 0.6) is 0 Å². The van der Waals surface area contributed by atoms with E-state index in [9.17, 15) is 26.0 Å². The Kier molecular flexibility index (Phi) is 6.55. The van der Waals surface area contributed by atoms with Crippen molar-refractivity contribution in [1.29, 1.82) is 0 Å². The summed E-state index contributed by atoms with van der Waals surface area (Å²) in [5.41, 5.74) is 0.0646. The molecule has 0 aliphatic rings. The van der Waals surface area contributed by atoms with E-state index in [1.54, 1.807) is 12.1 Å². The van der Waals surface area contributed by atoms with Crippen molar-refractivity contribution < 1.29 is 26.0 Å². The van der Waals surface area contributed by atoms with Gasteiger partial charge in [-0.1, -0.05) is 19.1 Å². The molecule has 2 rings (SSSR count). The van der Waals surface area contributed by atoms with Crippen LogP contribution in [-0.2, 0) is 19.9 Å². The number of sulfone groups is 1. The molecule has 0 aliphatic carbocycles. The van der Waals surface area contributed by atoms with Gasteiger partial charge in [-0.15, -0.1) is 0 Å². The van der Waals surface area contributed by atoms with Crippen molar-refractivity contribution in [2.24, 2.45) is 0 Å². The molecule has 2 N–H and O–H groups in total. The van der Waals surface area contributed by atoms with E-state index >= 15 is 0 Å². The van der Waals surface area contributed by atoms with E-state index in [0.29, 0.717) is 0 Å². The fourth-order valence-electron chi connectivity index (χ4n) is 2.15. The Hall–Kier alpha value is -2.46. The summed E-state index contributed by atoms with van der Waals surface area (Å²) < 4.78 is 63.1. The number of carbonyl (C=O) groups is 1. The van der Waals surface area contributed by atoms with Crippen molar-refractivity contribution in [3.05, 3.63) is 59.9 Å². The predicted octanol–water partition coefficient (Wildman–Crippen LogP) is 1.79. The van der Waals surface area contributed by atoms with Gasteiger partial charge >= 0.3 is 0 Å². The number of nitrogens with one attached hydrogen (secondary N) is 2. The number of anilines is 1.